The number of nitrogens with one attached hydrogen (secondary N) is 2. The molecule has 0 aromatic rings. The minimum absolute atomic E-state index is 0.181. The quantitative estimate of drug-likeness (QED) is 0.107. The first kappa shape index (κ1) is 14.6. The van der Waals surface area contributed by atoms with Gasteiger partial charge < -0.3 is 21.4 Å². The number of aliphatic imine (C=N–C) groups is 1. The summed E-state index contributed by atoms with van der Waals surface area (Å²) < 4.78 is 4.43. The molecule has 7 N–H and O–H groups in total. The van der Waals surface area contributed by atoms with Gasteiger partial charge in [-0.15, -0.1) is 5.34 Å². The van der Waals surface area contributed by atoms with Gasteiger partial charge in [0.25, 0.3) is 0 Å². The first-order chi connectivity index (χ1) is 7.47. The van der Waals surface area contributed by atoms with E-state index in [0.29, 0.717) is 12.8 Å². The molecule has 94 valence electrons. The van der Waals surface area contributed by atoms with Gasteiger partial charge in [-0.05, 0) is 12.8 Å². The van der Waals surface area contributed by atoms with E-state index in [1.165, 1.54) is 7.11 Å². The Kier molecular flexibility index (Phi) is 7.12. The van der Waals surface area contributed by atoms with E-state index in [-0.39, 0.29) is 12.5 Å². The summed E-state index contributed by atoms with van der Waals surface area (Å²) in [4.78, 5) is 14.6. The standard InChI is InChI=1S/C7H17N5O4/c1-16-6(13)5(8)3-2-4-10-7(9)11-12(14)15/h5,12,14H,2-4,8H2,1H3,(H3,9,10,11). The molecule has 2 unspecified atom stereocenters. The summed E-state index contributed by atoms with van der Waals surface area (Å²) >= 11 is 0. The van der Waals surface area contributed by atoms with Crippen LogP contribution in [0.25, 0.3) is 0 Å². The van der Waals surface area contributed by atoms with Gasteiger partial charge in [-0.3, -0.25) is 4.79 Å². The average Bonchev–Trinajstić information content (AvgIpc) is 2.21. The van der Waals surface area contributed by atoms with E-state index in [1.807, 2.05) is 5.43 Å². The zero-order valence-corrected chi connectivity index (χ0v) is 8.97. The van der Waals surface area contributed by atoms with E-state index in [4.69, 9.17) is 16.7 Å². The van der Waals surface area contributed by atoms with Crippen LogP contribution in [0.4, 0.5) is 0 Å². The monoisotopic (exact) mass is 235 g/mol. The molecule has 0 saturated carbocycles. The molecule has 16 heavy (non-hydrogen) atoms. The summed E-state index contributed by atoms with van der Waals surface area (Å²) in [7, 11) is 1.26. The first-order valence-electron chi connectivity index (χ1n) is 4.60. The fourth-order valence-electron chi connectivity index (χ4n) is 0.929. The number of hydrogen-bond acceptors (Lipinski definition) is 6. The molecule has 0 radical (unpaired) electrons. The van der Waals surface area contributed by atoms with E-state index >= 15 is 0 Å². The Bertz CT molecular complexity index is 245. The van der Waals surface area contributed by atoms with Crippen molar-refractivity contribution in [1.29, 1.82) is 0 Å². The zero-order chi connectivity index (χ0) is 12.6. The van der Waals surface area contributed by atoms with E-state index < -0.39 is 17.3 Å². The Hall–Kier alpha value is -1.42. The number of esters is 1. The molecule has 0 aromatic heterocycles. The summed E-state index contributed by atoms with van der Waals surface area (Å²) in [5.41, 5.74) is 12.6. The van der Waals surface area contributed by atoms with Gasteiger partial charge in [0.05, 0.1) is 7.11 Å². The number of ether oxygens (including phenoxy) is 1. The summed E-state index contributed by atoms with van der Waals surface area (Å²) in [5, 5.41) is 17.1. The molecule has 9 nitrogen and oxygen atoms in total. The number of methoxy groups -OCH3 is 1. The van der Waals surface area contributed by atoms with Crippen molar-refractivity contribution >= 4 is 11.9 Å². The topological polar surface area (TPSA) is 150 Å². The fourth-order valence-corrected chi connectivity index (χ4v) is 0.929. The van der Waals surface area contributed by atoms with Gasteiger partial charge in [-0.1, -0.05) is 0 Å². The maximum Gasteiger partial charge on any atom is 0.322 e. The van der Waals surface area contributed by atoms with Crippen LogP contribution in [0.3, 0.4) is 0 Å². The van der Waals surface area contributed by atoms with E-state index in [2.05, 4.69) is 9.73 Å². The summed E-state index contributed by atoms with van der Waals surface area (Å²) in [6, 6.07) is -0.686. The fraction of sp³-hybridized carbons (Fsp3) is 0.714. The van der Waals surface area contributed by atoms with Crippen LogP contribution in [0, 0.1) is 5.21 Å². The predicted octanol–water partition coefficient (Wildman–Crippen LogP) is -3.14. The molecule has 0 fully saturated rings. The maximum absolute atomic E-state index is 10.9. The van der Waals surface area contributed by atoms with Crippen LogP contribution in [0.5, 0.6) is 0 Å². The lowest BCUT2D eigenvalue weighted by Gasteiger charge is -2.12. The Balaban J connectivity index is 3.70. The molecular formula is C7H17N5O4. The lowest BCUT2D eigenvalue weighted by Crippen LogP contribution is -3.13. The third-order valence-corrected chi connectivity index (χ3v) is 1.69. The second kappa shape index (κ2) is 7.82. The summed E-state index contributed by atoms with van der Waals surface area (Å²) in [6.07, 6.45) is 0.911. The van der Waals surface area contributed by atoms with Crippen molar-refractivity contribution in [2.45, 2.75) is 18.9 Å². The first-order valence-corrected chi connectivity index (χ1v) is 4.60. The SMILES string of the molecule is COC(=O)C(N)CCCN=C(N)N[NH+]([O-])O. The van der Waals surface area contributed by atoms with Crippen molar-refractivity contribution in [2.75, 3.05) is 13.7 Å². The van der Waals surface area contributed by atoms with E-state index in [1.54, 1.807) is 0 Å². The van der Waals surface area contributed by atoms with Crippen LogP contribution in [0.2, 0.25) is 0 Å². The Morgan fingerprint density at radius 1 is 1.75 bits per heavy atom. The number of nitrogens with zero attached hydrogens (tertiary/aromatic N) is 1. The lowest BCUT2D eigenvalue weighted by molar-refractivity contribution is -1.08. The second-order valence-electron chi connectivity index (χ2n) is 2.97. The molecule has 0 saturated heterocycles. The molecule has 0 amide bonds. The Morgan fingerprint density at radius 2 is 2.38 bits per heavy atom. The van der Waals surface area contributed by atoms with Crippen LogP contribution >= 0.6 is 0 Å². The minimum atomic E-state index is -1.27. The number of carbonyl (C=O) groups is 1. The summed E-state index contributed by atoms with van der Waals surface area (Å²) in [5.74, 6) is -0.667. The largest absolute Gasteiger partial charge is 0.574 e. The van der Waals surface area contributed by atoms with Crippen LogP contribution in [0.1, 0.15) is 12.8 Å². The second-order valence-corrected chi connectivity index (χ2v) is 2.97. The van der Waals surface area contributed by atoms with Gasteiger partial charge in [-0.2, -0.15) is 10.6 Å². The number of guanidine groups is 1. The highest BCUT2D eigenvalue weighted by molar-refractivity contribution is 5.76. The van der Waals surface area contributed by atoms with Crippen molar-refractivity contribution in [3.63, 3.8) is 0 Å². The zero-order valence-electron chi connectivity index (χ0n) is 8.97. The molecule has 0 heterocycles. The van der Waals surface area contributed by atoms with E-state index in [9.17, 15) is 10.0 Å². The molecular weight excluding hydrogens is 218 g/mol. The summed E-state index contributed by atoms with van der Waals surface area (Å²) in [6.45, 7) is 0.288. The number of quaternary nitrogens is 1. The van der Waals surface area contributed by atoms with Crippen LogP contribution in [0.15, 0.2) is 4.99 Å². The molecule has 0 bridgehead atoms. The number of nitrogens with two attached hydrogens (primary N) is 2. The van der Waals surface area contributed by atoms with Crippen LogP contribution in [-0.4, -0.2) is 36.8 Å². The Labute approximate surface area is 92.6 Å². The average molecular weight is 235 g/mol. The van der Waals surface area contributed by atoms with Gasteiger partial charge in [0, 0.05) is 6.54 Å². The van der Waals surface area contributed by atoms with Gasteiger partial charge in [0.15, 0.2) is 0 Å². The van der Waals surface area contributed by atoms with Gasteiger partial charge in [0.1, 0.15) is 6.04 Å². The van der Waals surface area contributed by atoms with Crippen LogP contribution in [-0.2, 0) is 9.53 Å². The van der Waals surface area contributed by atoms with Crippen molar-refractivity contribution in [3.05, 3.63) is 5.21 Å². The van der Waals surface area contributed by atoms with E-state index in [0.717, 1.165) is 0 Å². The molecule has 0 aliphatic carbocycles. The smallest absolute Gasteiger partial charge is 0.322 e. The Morgan fingerprint density at radius 3 is 2.88 bits per heavy atom. The van der Waals surface area contributed by atoms with Crippen molar-refractivity contribution < 1.29 is 20.1 Å². The van der Waals surface area contributed by atoms with Gasteiger partial charge in [-0.25, -0.2) is 4.99 Å². The lowest BCUT2D eigenvalue weighted by atomic mass is 10.2. The van der Waals surface area contributed by atoms with Gasteiger partial charge >= 0.3 is 5.97 Å². The number of rotatable bonds is 6. The van der Waals surface area contributed by atoms with Crippen molar-refractivity contribution in [3.8, 4) is 0 Å². The van der Waals surface area contributed by atoms with Crippen LogP contribution < -0.4 is 22.2 Å². The number of carbonyl (C=O) groups excluding carboxylic acids is 1. The molecule has 0 aromatic carbocycles. The molecule has 0 aliphatic heterocycles. The highest BCUT2D eigenvalue weighted by Gasteiger charge is 2.12. The highest BCUT2D eigenvalue weighted by Crippen LogP contribution is 1.96. The maximum atomic E-state index is 10.9. The third kappa shape index (κ3) is 6.95. The molecule has 2 atom stereocenters. The molecule has 9 heteroatoms. The normalized spacial score (nSPS) is 15.4. The van der Waals surface area contributed by atoms with Gasteiger partial charge in [0.2, 0.25) is 5.96 Å². The highest BCUT2D eigenvalue weighted by atomic mass is 16.8. The van der Waals surface area contributed by atoms with Crippen molar-refractivity contribution in [2.24, 2.45) is 16.5 Å². The molecule has 0 spiro atoms. The van der Waals surface area contributed by atoms with Crippen molar-refractivity contribution in [1.82, 2.24) is 5.43 Å². The minimum Gasteiger partial charge on any atom is -0.574 e. The number of hydrogen-bond donors (Lipinski definition) is 5. The molecule has 0 aliphatic rings. The predicted molar refractivity (Wildman–Crippen MR) is 55.0 cm³/mol. The molecule has 0 rings (SSSR count). The third-order valence-electron chi connectivity index (χ3n) is 1.69.